The van der Waals surface area contributed by atoms with Crippen molar-refractivity contribution in [3.05, 3.63) is 144 Å². The van der Waals surface area contributed by atoms with Crippen molar-refractivity contribution in [1.82, 2.24) is 9.38 Å². The molecule has 0 amide bonds. The summed E-state index contributed by atoms with van der Waals surface area (Å²) < 4.78 is 8.17. The predicted octanol–water partition coefficient (Wildman–Crippen LogP) is 9.65. The Morgan fingerprint density at radius 2 is 1.23 bits per heavy atom. The zero-order valence-electron chi connectivity index (χ0n) is 23.3. The molecule has 0 saturated carbocycles. The number of hydrogen-bond donors (Lipinski definition) is 0. The average molecular weight is 553 g/mol. The third-order valence-electron chi connectivity index (χ3n) is 8.73. The van der Waals surface area contributed by atoms with Gasteiger partial charge in [-0.1, -0.05) is 97.1 Å². The lowest BCUT2D eigenvalue weighted by molar-refractivity contribution is 0.669. The number of hydrogen-bond acceptors (Lipinski definition) is 3. The maximum atomic E-state index is 13.6. The van der Waals surface area contributed by atoms with Crippen LogP contribution in [-0.4, -0.2) is 9.38 Å². The smallest absolute Gasteiger partial charge is 0.264 e. The molecule has 0 bridgehead atoms. The minimum atomic E-state index is -0.0323. The van der Waals surface area contributed by atoms with Gasteiger partial charge in [0.05, 0.1) is 11.0 Å². The molecule has 0 fully saturated rings. The van der Waals surface area contributed by atoms with Crippen molar-refractivity contribution >= 4 is 49.1 Å². The van der Waals surface area contributed by atoms with Gasteiger partial charge in [-0.25, -0.2) is 4.98 Å². The van der Waals surface area contributed by atoms with Crippen molar-refractivity contribution in [2.24, 2.45) is 0 Å². The standard InChI is InChI=1S/C39H24N2O2/c1-23-40-33-20-19-30(37-29-10-5-6-11-31(29)39(42)41(23)38(33)37)28-12-7-13-35-36(28)32-22-27(18-21-34(32)43-35)26-16-14-25(15-17-26)24-8-3-2-4-9-24/h2-22H,1H3. The molecule has 202 valence electrons. The van der Waals surface area contributed by atoms with Crippen LogP contribution in [0.4, 0.5) is 0 Å². The number of nitrogens with zero attached hydrogens (tertiary/aromatic N) is 2. The van der Waals surface area contributed by atoms with Gasteiger partial charge in [0.1, 0.15) is 17.0 Å². The fraction of sp³-hybridized carbons (Fsp3) is 0.0256. The van der Waals surface area contributed by atoms with Gasteiger partial charge in [0.15, 0.2) is 0 Å². The third-order valence-corrected chi connectivity index (χ3v) is 8.73. The maximum Gasteiger partial charge on any atom is 0.264 e. The van der Waals surface area contributed by atoms with Crippen molar-refractivity contribution in [1.29, 1.82) is 0 Å². The SMILES string of the molecule is Cc1nc2ccc(-c3cccc4oc5ccc(-c6ccc(-c7ccccc7)cc6)cc5c34)c3c4ccccc4c(=O)n1c23. The highest BCUT2D eigenvalue weighted by molar-refractivity contribution is 6.22. The van der Waals surface area contributed by atoms with Crippen molar-refractivity contribution in [3.8, 4) is 33.4 Å². The molecule has 4 nitrogen and oxygen atoms in total. The van der Waals surface area contributed by atoms with Crippen LogP contribution in [0.3, 0.4) is 0 Å². The number of pyridine rings is 1. The summed E-state index contributed by atoms with van der Waals surface area (Å²) in [5.74, 6) is 0.697. The highest BCUT2D eigenvalue weighted by Gasteiger charge is 2.21. The highest BCUT2D eigenvalue weighted by atomic mass is 16.3. The number of imidazole rings is 1. The lowest BCUT2D eigenvalue weighted by atomic mass is 9.92. The summed E-state index contributed by atoms with van der Waals surface area (Å²) >= 11 is 0. The lowest BCUT2D eigenvalue weighted by Crippen LogP contribution is -2.14. The Balaban J connectivity index is 1.30. The molecule has 4 heteroatoms. The van der Waals surface area contributed by atoms with Gasteiger partial charge < -0.3 is 4.42 Å². The molecule has 9 aromatic rings. The second-order valence-electron chi connectivity index (χ2n) is 11.1. The number of furan rings is 1. The molecule has 9 rings (SSSR count). The minimum Gasteiger partial charge on any atom is -0.456 e. The maximum absolute atomic E-state index is 13.6. The Morgan fingerprint density at radius 1 is 0.558 bits per heavy atom. The van der Waals surface area contributed by atoms with E-state index in [4.69, 9.17) is 9.40 Å². The van der Waals surface area contributed by atoms with E-state index in [0.29, 0.717) is 11.2 Å². The summed E-state index contributed by atoms with van der Waals surface area (Å²) in [6.45, 7) is 1.90. The number of aryl methyl sites for hydroxylation is 1. The van der Waals surface area contributed by atoms with Gasteiger partial charge in [-0.3, -0.25) is 9.20 Å². The molecule has 6 aromatic carbocycles. The Bertz CT molecular complexity index is 2580. The van der Waals surface area contributed by atoms with Crippen LogP contribution in [0.1, 0.15) is 5.82 Å². The largest absolute Gasteiger partial charge is 0.456 e. The highest BCUT2D eigenvalue weighted by Crippen LogP contribution is 2.43. The van der Waals surface area contributed by atoms with Gasteiger partial charge in [0, 0.05) is 21.5 Å². The molecular weight excluding hydrogens is 528 g/mol. The minimum absolute atomic E-state index is 0.0323. The first kappa shape index (κ1) is 23.9. The Kier molecular flexibility index (Phi) is 4.94. The topological polar surface area (TPSA) is 47.5 Å². The van der Waals surface area contributed by atoms with Gasteiger partial charge in [-0.05, 0) is 76.0 Å². The van der Waals surface area contributed by atoms with Crippen LogP contribution in [-0.2, 0) is 0 Å². The van der Waals surface area contributed by atoms with Crippen molar-refractivity contribution in [2.75, 3.05) is 0 Å². The first-order valence-electron chi connectivity index (χ1n) is 14.4. The normalized spacial score (nSPS) is 11.9. The van der Waals surface area contributed by atoms with Crippen LogP contribution in [0.15, 0.2) is 137 Å². The molecule has 0 unspecified atom stereocenters. The summed E-state index contributed by atoms with van der Waals surface area (Å²) in [7, 11) is 0. The number of aromatic nitrogens is 2. The lowest BCUT2D eigenvalue weighted by Gasteiger charge is -2.12. The molecule has 0 radical (unpaired) electrons. The average Bonchev–Trinajstić information content (AvgIpc) is 3.61. The van der Waals surface area contributed by atoms with Gasteiger partial charge in [-0.15, -0.1) is 0 Å². The van der Waals surface area contributed by atoms with Crippen LogP contribution in [0.2, 0.25) is 0 Å². The number of rotatable bonds is 3. The Hall–Kier alpha value is -5.74. The molecule has 43 heavy (non-hydrogen) atoms. The molecule has 3 heterocycles. The van der Waals surface area contributed by atoms with E-state index in [9.17, 15) is 4.79 Å². The molecule has 0 N–H and O–H groups in total. The fourth-order valence-corrected chi connectivity index (χ4v) is 6.75. The quantitative estimate of drug-likeness (QED) is 0.205. The molecule has 0 aliphatic rings. The monoisotopic (exact) mass is 552 g/mol. The zero-order valence-corrected chi connectivity index (χ0v) is 23.3. The number of benzene rings is 6. The Morgan fingerprint density at radius 3 is 2.05 bits per heavy atom. The molecule has 0 saturated heterocycles. The van der Waals surface area contributed by atoms with E-state index in [2.05, 4.69) is 78.9 Å². The van der Waals surface area contributed by atoms with E-state index in [0.717, 1.165) is 66.0 Å². The number of fused-ring (bicyclic) bond motifs is 5. The van der Waals surface area contributed by atoms with Gasteiger partial charge in [0.2, 0.25) is 0 Å². The first-order chi connectivity index (χ1) is 21.2. The van der Waals surface area contributed by atoms with Crippen LogP contribution in [0.5, 0.6) is 0 Å². The summed E-state index contributed by atoms with van der Waals surface area (Å²) in [4.78, 5) is 18.3. The summed E-state index contributed by atoms with van der Waals surface area (Å²) in [5.41, 5.74) is 10.1. The van der Waals surface area contributed by atoms with E-state index in [1.807, 2.05) is 55.5 Å². The summed E-state index contributed by atoms with van der Waals surface area (Å²) in [5, 5.41) is 4.78. The van der Waals surface area contributed by atoms with Crippen LogP contribution < -0.4 is 5.56 Å². The first-order valence-corrected chi connectivity index (χ1v) is 14.4. The van der Waals surface area contributed by atoms with E-state index < -0.39 is 0 Å². The van der Waals surface area contributed by atoms with E-state index >= 15 is 0 Å². The predicted molar refractivity (Wildman–Crippen MR) is 176 cm³/mol. The third kappa shape index (κ3) is 3.44. The van der Waals surface area contributed by atoms with E-state index in [1.165, 1.54) is 11.1 Å². The molecule has 3 aromatic heterocycles. The summed E-state index contributed by atoms with van der Waals surface area (Å²) in [6, 6.07) is 43.9. The van der Waals surface area contributed by atoms with Crippen LogP contribution in [0.25, 0.3) is 82.5 Å². The van der Waals surface area contributed by atoms with Crippen LogP contribution >= 0.6 is 0 Å². The van der Waals surface area contributed by atoms with Crippen LogP contribution in [0, 0.1) is 6.92 Å². The molecule has 0 spiro atoms. The molecule has 0 aliphatic carbocycles. The van der Waals surface area contributed by atoms with Gasteiger partial charge in [-0.2, -0.15) is 0 Å². The van der Waals surface area contributed by atoms with Gasteiger partial charge >= 0.3 is 0 Å². The fourth-order valence-electron chi connectivity index (χ4n) is 6.75. The molecule has 0 aliphatic heterocycles. The second kappa shape index (κ2) is 8.88. The Labute approximate surface area is 246 Å². The molecular formula is C39H24N2O2. The van der Waals surface area contributed by atoms with Crippen molar-refractivity contribution in [2.45, 2.75) is 6.92 Å². The molecule has 0 atom stereocenters. The summed E-state index contributed by atoms with van der Waals surface area (Å²) in [6.07, 6.45) is 0. The zero-order chi connectivity index (χ0) is 28.7. The van der Waals surface area contributed by atoms with E-state index in [1.54, 1.807) is 4.40 Å². The van der Waals surface area contributed by atoms with Gasteiger partial charge in [0.25, 0.3) is 5.56 Å². The van der Waals surface area contributed by atoms with Crippen molar-refractivity contribution in [3.63, 3.8) is 0 Å². The van der Waals surface area contributed by atoms with E-state index in [-0.39, 0.29) is 5.56 Å². The second-order valence-corrected chi connectivity index (χ2v) is 11.1. The van der Waals surface area contributed by atoms with Crippen molar-refractivity contribution < 1.29 is 4.42 Å².